The Morgan fingerprint density at radius 1 is 0.788 bits per heavy atom. The fourth-order valence-corrected chi connectivity index (χ4v) is 5.72. The molecule has 0 aromatic heterocycles. The van der Waals surface area contributed by atoms with Crippen LogP contribution in [0.3, 0.4) is 0 Å². The van der Waals surface area contributed by atoms with Crippen molar-refractivity contribution in [3.8, 4) is 11.5 Å². The third kappa shape index (κ3) is 5.65. The van der Waals surface area contributed by atoms with Crippen LogP contribution < -0.4 is 9.47 Å². The minimum Gasteiger partial charge on any atom is -0.462 e. The minimum atomic E-state index is 0.344. The summed E-state index contributed by atoms with van der Waals surface area (Å²) >= 11 is 0. The largest absolute Gasteiger partial charge is 0.462 e. The van der Waals surface area contributed by atoms with Gasteiger partial charge in [-0.15, -0.1) is 0 Å². The van der Waals surface area contributed by atoms with Gasteiger partial charge in [0.25, 0.3) is 0 Å². The third-order valence-corrected chi connectivity index (χ3v) is 7.56. The minimum absolute atomic E-state index is 0.344. The molecule has 2 heteroatoms. The van der Waals surface area contributed by atoms with Gasteiger partial charge in [0.05, 0.1) is 0 Å². The molecule has 3 atom stereocenters. The lowest BCUT2D eigenvalue weighted by Gasteiger charge is -2.34. The highest BCUT2D eigenvalue weighted by Crippen LogP contribution is 2.43. The van der Waals surface area contributed by atoms with Crippen molar-refractivity contribution in [1.82, 2.24) is 0 Å². The molecule has 0 saturated heterocycles. The first-order valence-electron chi connectivity index (χ1n) is 12.8. The van der Waals surface area contributed by atoms with Gasteiger partial charge in [-0.3, -0.25) is 0 Å². The predicted molar refractivity (Wildman–Crippen MR) is 139 cm³/mol. The normalized spacial score (nSPS) is 28.5. The Morgan fingerprint density at radius 3 is 1.97 bits per heavy atom. The molecule has 1 aromatic rings. The average molecular weight is 447 g/mol. The monoisotopic (exact) mass is 446 g/mol. The maximum Gasteiger partial charge on any atom is 0.134 e. The molecular weight excluding hydrogens is 404 g/mol. The van der Waals surface area contributed by atoms with Crippen molar-refractivity contribution >= 4 is 5.57 Å². The first kappa shape index (κ1) is 23.9. The Morgan fingerprint density at radius 2 is 1.39 bits per heavy atom. The van der Waals surface area contributed by atoms with Crippen LogP contribution in [0.2, 0.25) is 0 Å². The summed E-state index contributed by atoms with van der Waals surface area (Å²) in [5.41, 5.74) is 3.18. The summed E-state index contributed by atoms with van der Waals surface area (Å²) in [6.07, 6.45) is 16.8. The highest BCUT2D eigenvalue weighted by Gasteiger charge is 2.30. The third-order valence-electron chi connectivity index (χ3n) is 7.56. The first-order chi connectivity index (χ1) is 15.5. The average Bonchev–Trinajstić information content (AvgIpc) is 2.73. The molecule has 0 heterocycles. The Kier molecular flexibility index (Phi) is 6.67. The lowest BCUT2D eigenvalue weighted by molar-refractivity contribution is 0.224. The SMILES string of the molecule is CC1CC(C)(C)CC=C1Oc1ccc(OC2=CCC(C)(C)CC2C)c(C2=CC=CCC2C)c1. The lowest BCUT2D eigenvalue weighted by atomic mass is 9.76. The van der Waals surface area contributed by atoms with Crippen molar-refractivity contribution in [3.05, 3.63) is 65.7 Å². The maximum atomic E-state index is 6.61. The van der Waals surface area contributed by atoms with Gasteiger partial charge < -0.3 is 9.47 Å². The van der Waals surface area contributed by atoms with Crippen molar-refractivity contribution in [2.75, 3.05) is 0 Å². The molecular formula is C31H42O2. The van der Waals surface area contributed by atoms with Gasteiger partial charge in [-0.2, -0.15) is 0 Å². The summed E-state index contributed by atoms with van der Waals surface area (Å²) in [7, 11) is 0. The second-order valence-electron chi connectivity index (χ2n) is 12.2. The van der Waals surface area contributed by atoms with E-state index >= 15 is 0 Å². The van der Waals surface area contributed by atoms with E-state index in [1.807, 2.05) is 0 Å². The quantitative estimate of drug-likeness (QED) is 0.449. The molecule has 0 saturated carbocycles. The van der Waals surface area contributed by atoms with Crippen LogP contribution in [0.4, 0.5) is 0 Å². The first-order valence-corrected chi connectivity index (χ1v) is 12.8. The van der Waals surface area contributed by atoms with E-state index < -0.39 is 0 Å². The smallest absolute Gasteiger partial charge is 0.134 e. The van der Waals surface area contributed by atoms with Crippen LogP contribution in [0.5, 0.6) is 11.5 Å². The van der Waals surface area contributed by atoms with Crippen molar-refractivity contribution in [1.29, 1.82) is 0 Å². The summed E-state index contributed by atoms with van der Waals surface area (Å²) in [6.45, 7) is 16.2. The predicted octanol–water partition coefficient (Wildman–Crippen LogP) is 9.10. The lowest BCUT2D eigenvalue weighted by Crippen LogP contribution is -2.23. The maximum absolute atomic E-state index is 6.61. The molecule has 0 spiro atoms. The van der Waals surface area contributed by atoms with Gasteiger partial charge in [-0.05, 0) is 84.8 Å². The molecule has 3 aliphatic rings. The standard InChI is InChI=1S/C31H42O2/c1-21-10-8-9-11-25(21)26-18-24(32-27-14-16-30(4,5)19-22(27)2)12-13-29(26)33-28-15-17-31(6,7)20-23(28)3/h8-9,11-15,18,21-23H,10,16-17,19-20H2,1-7H3. The molecule has 0 amide bonds. The topological polar surface area (TPSA) is 18.5 Å². The van der Waals surface area contributed by atoms with E-state index in [1.54, 1.807) is 0 Å². The Hall–Kier alpha value is -2.22. The summed E-state index contributed by atoms with van der Waals surface area (Å²) in [5, 5.41) is 0. The van der Waals surface area contributed by atoms with Crippen LogP contribution in [0.1, 0.15) is 86.1 Å². The van der Waals surface area contributed by atoms with E-state index in [9.17, 15) is 0 Å². The van der Waals surface area contributed by atoms with Crippen LogP contribution in [-0.2, 0) is 0 Å². The van der Waals surface area contributed by atoms with Crippen LogP contribution in [-0.4, -0.2) is 0 Å². The number of allylic oxidation sites excluding steroid dienone is 8. The van der Waals surface area contributed by atoms with Crippen LogP contribution in [0.15, 0.2) is 60.1 Å². The van der Waals surface area contributed by atoms with Gasteiger partial charge in [0.2, 0.25) is 0 Å². The molecule has 0 bridgehead atoms. The summed E-state index contributed by atoms with van der Waals surface area (Å²) < 4.78 is 13.1. The van der Waals surface area contributed by atoms with Gasteiger partial charge in [0.1, 0.15) is 23.0 Å². The highest BCUT2D eigenvalue weighted by molar-refractivity contribution is 5.75. The van der Waals surface area contributed by atoms with Gasteiger partial charge in [-0.25, -0.2) is 0 Å². The zero-order valence-electron chi connectivity index (χ0n) is 21.7. The molecule has 2 nitrogen and oxygen atoms in total. The molecule has 3 aliphatic carbocycles. The molecule has 0 N–H and O–H groups in total. The molecule has 1 aromatic carbocycles. The van der Waals surface area contributed by atoms with Crippen molar-refractivity contribution in [2.24, 2.45) is 28.6 Å². The molecule has 0 fully saturated rings. The second kappa shape index (κ2) is 9.20. The Labute approximate surface area is 201 Å². The van der Waals surface area contributed by atoms with Gasteiger partial charge in [-0.1, -0.05) is 66.7 Å². The molecule has 33 heavy (non-hydrogen) atoms. The van der Waals surface area contributed by atoms with E-state index in [1.165, 1.54) is 5.57 Å². The van der Waals surface area contributed by atoms with Crippen LogP contribution in [0.25, 0.3) is 5.57 Å². The van der Waals surface area contributed by atoms with Gasteiger partial charge in [0.15, 0.2) is 0 Å². The van der Waals surface area contributed by atoms with Crippen LogP contribution >= 0.6 is 0 Å². The summed E-state index contributed by atoms with van der Waals surface area (Å²) in [5.74, 6) is 5.37. The number of hydrogen-bond acceptors (Lipinski definition) is 2. The molecule has 178 valence electrons. The van der Waals surface area contributed by atoms with Crippen molar-refractivity contribution in [2.45, 2.75) is 80.6 Å². The Bertz CT molecular complexity index is 1000. The van der Waals surface area contributed by atoms with Gasteiger partial charge >= 0.3 is 0 Å². The van der Waals surface area contributed by atoms with Gasteiger partial charge in [0, 0.05) is 17.4 Å². The summed E-state index contributed by atoms with van der Waals surface area (Å²) in [4.78, 5) is 0. The fraction of sp³-hybridized carbons (Fsp3) is 0.548. The van der Waals surface area contributed by atoms with Crippen molar-refractivity contribution in [3.63, 3.8) is 0 Å². The van der Waals surface area contributed by atoms with E-state index in [0.29, 0.717) is 28.6 Å². The number of benzene rings is 1. The number of rotatable bonds is 5. The van der Waals surface area contributed by atoms with E-state index in [2.05, 4.69) is 97.0 Å². The van der Waals surface area contributed by atoms with Crippen LogP contribution in [0, 0.1) is 28.6 Å². The highest BCUT2D eigenvalue weighted by atomic mass is 16.5. The second-order valence-corrected chi connectivity index (χ2v) is 12.2. The molecule has 0 radical (unpaired) electrons. The van der Waals surface area contributed by atoms with E-state index in [0.717, 1.165) is 60.7 Å². The fourth-order valence-electron chi connectivity index (χ4n) is 5.72. The van der Waals surface area contributed by atoms with E-state index in [-0.39, 0.29) is 0 Å². The molecule has 4 rings (SSSR count). The molecule has 3 unspecified atom stereocenters. The zero-order chi connectivity index (χ0) is 23.8. The number of hydrogen-bond donors (Lipinski definition) is 0. The van der Waals surface area contributed by atoms with E-state index in [4.69, 9.17) is 9.47 Å². The zero-order valence-corrected chi connectivity index (χ0v) is 21.7. The summed E-state index contributed by atoms with van der Waals surface area (Å²) in [6, 6.07) is 6.39. The number of ether oxygens (including phenoxy) is 2. The van der Waals surface area contributed by atoms with Crippen molar-refractivity contribution < 1.29 is 9.47 Å². The Balaban J connectivity index is 1.65. The molecule has 0 aliphatic heterocycles.